The van der Waals surface area contributed by atoms with E-state index in [1.807, 2.05) is 37.3 Å². The van der Waals surface area contributed by atoms with E-state index >= 15 is 0 Å². The van der Waals surface area contributed by atoms with Crippen LogP contribution in [0.3, 0.4) is 0 Å². The smallest absolute Gasteiger partial charge is 0.219 e. The van der Waals surface area contributed by atoms with Crippen molar-refractivity contribution in [2.45, 2.75) is 32.6 Å². The first kappa shape index (κ1) is 19.7. The number of amides is 1. The Morgan fingerprint density at radius 1 is 1.08 bits per heavy atom. The predicted octanol–water partition coefficient (Wildman–Crippen LogP) is 1.83. The van der Waals surface area contributed by atoms with Gasteiger partial charge >= 0.3 is 0 Å². The van der Waals surface area contributed by atoms with Gasteiger partial charge in [0.05, 0.1) is 5.75 Å². The largest absolute Gasteiger partial charge is 0.369 e. The molecule has 1 N–H and O–H groups in total. The number of carbonyl (C=O) groups excluding carboxylic acids is 1. The molecular formula is C18H29N3O3S. The normalized spacial score (nSPS) is 16.0. The fraction of sp³-hybridized carbons (Fsp3) is 0.611. The Bertz CT molecular complexity index is 626. The summed E-state index contributed by atoms with van der Waals surface area (Å²) >= 11 is 0. The highest BCUT2D eigenvalue weighted by Crippen LogP contribution is 2.17. The van der Waals surface area contributed by atoms with Crippen LogP contribution in [0, 0.1) is 0 Å². The lowest BCUT2D eigenvalue weighted by atomic mass is 10.2. The fourth-order valence-electron chi connectivity index (χ4n) is 2.90. The fourth-order valence-corrected chi connectivity index (χ4v) is 4.39. The SMILES string of the molecule is CCCCC(=O)NCCCS(=O)(=O)N1CCN(c2ccccc2)CC1. The van der Waals surface area contributed by atoms with Gasteiger partial charge in [0.15, 0.2) is 0 Å². The molecule has 0 atom stereocenters. The van der Waals surface area contributed by atoms with Crippen LogP contribution in [0.25, 0.3) is 0 Å². The lowest BCUT2D eigenvalue weighted by Gasteiger charge is -2.35. The Hall–Kier alpha value is -1.60. The number of carbonyl (C=O) groups is 1. The molecule has 1 amide bonds. The van der Waals surface area contributed by atoms with Crippen LogP contribution in [-0.4, -0.2) is 57.1 Å². The molecule has 25 heavy (non-hydrogen) atoms. The van der Waals surface area contributed by atoms with Crippen LogP contribution < -0.4 is 10.2 Å². The first-order valence-corrected chi connectivity index (χ1v) is 10.7. The zero-order valence-corrected chi connectivity index (χ0v) is 15.8. The molecule has 1 fully saturated rings. The highest BCUT2D eigenvalue weighted by molar-refractivity contribution is 7.89. The Morgan fingerprint density at radius 2 is 1.76 bits per heavy atom. The monoisotopic (exact) mass is 367 g/mol. The second-order valence-electron chi connectivity index (χ2n) is 6.34. The van der Waals surface area contributed by atoms with Crippen molar-refractivity contribution in [1.29, 1.82) is 0 Å². The van der Waals surface area contributed by atoms with E-state index in [9.17, 15) is 13.2 Å². The standard InChI is InChI=1S/C18H29N3O3S/c1-2-3-10-18(22)19-11-7-16-25(23,24)21-14-12-20(13-15-21)17-8-5-4-6-9-17/h4-6,8-9H,2-3,7,10-16H2,1H3,(H,19,22). The van der Waals surface area contributed by atoms with Gasteiger partial charge in [0.1, 0.15) is 0 Å². The van der Waals surface area contributed by atoms with Gasteiger partial charge in [-0.25, -0.2) is 8.42 Å². The maximum atomic E-state index is 12.4. The number of anilines is 1. The summed E-state index contributed by atoms with van der Waals surface area (Å²) in [5.74, 6) is 0.0996. The Morgan fingerprint density at radius 3 is 2.40 bits per heavy atom. The number of benzene rings is 1. The van der Waals surface area contributed by atoms with Crippen molar-refractivity contribution in [1.82, 2.24) is 9.62 Å². The van der Waals surface area contributed by atoms with Gasteiger partial charge in [0, 0.05) is 44.8 Å². The van der Waals surface area contributed by atoms with E-state index in [0.29, 0.717) is 45.6 Å². The molecule has 1 aromatic rings. The molecule has 2 rings (SSSR count). The summed E-state index contributed by atoms with van der Waals surface area (Å²) < 4.78 is 26.5. The van der Waals surface area contributed by atoms with Crippen LogP contribution in [0.2, 0.25) is 0 Å². The first-order chi connectivity index (χ1) is 12.0. The molecule has 0 aliphatic carbocycles. The molecule has 6 nitrogen and oxygen atoms in total. The van der Waals surface area contributed by atoms with Crippen molar-refractivity contribution >= 4 is 21.6 Å². The van der Waals surface area contributed by atoms with Crippen LogP contribution in [0.5, 0.6) is 0 Å². The summed E-state index contributed by atoms with van der Waals surface area (Å²) in [6, 6.07) is 10.1. The molecule has 140 valence electrons. The highest BCUT2D eigenvalue weighted by atomic mass is 32.2. The van der Waals surface area contributed by atoms with Gasteiger partial charge in [-0.1, -0.05) is 31.5 Å². The van der Waals surface area contributed by atoms with Gasteiger partial charge in [0.25, 0.3) is 0 Å². The highest BCUT2D eigenvalue weighted by Gasteiger charge is 2.26. The molecule has 1 aliphatic rings. The average molecular weight is 368 g/mol. The van der Waals surface area contributed by atoms with E-state index < -0.39 is 10.0 Å². The van der Waals surface area contributed by atoms with E-state index in [2.05, 4.69) is 10.2 Å². The molecule has 1 aromatic carbocycles. The van der Waals surface area contributed by atoms with Crippen molar-refractivity contribution in [3.63, 3.8) is 0 Å². The molecule has 0 radical (unpaired) electrons. The van der Waals surface area contributed by atoms with E-state index in [0.717, 1.165) is 18.5 Å². The number of sulfonamides is 1. The minimum absolute atomic E-state index is 0.00993. The minimum Gasteiger partial charge on any atom is -0.369 e. The summed E-state index contributed by atoms with van der Waals surface area (Å²) in [5.41, 5.74) is 1.13. The topological polar surface area (TPSA) is 69.7 Å². The summed E-state index contributed by atoms with van der Waals surface area (Å²) in [4.78, 5) is 13.7. The molecule has 0 aromatic heterocycles. The van der Waals surface area contributed by atoms with Gasteiger partial charge < -0.3 is 10.2 Å². The number of nitrogens with one attached hydrogen (secondary N) is 1. The number of nitrogens with zero attached hydrogens (tertiary/aromatic N) is 2. The van der Waals surface area contributed by atoms with Crippen LogP contribution in [0.15, 0.2) is 30.3 Å². The first-order valence-electron chi connectivity index (χ1n) is 9.07. The molecular weight excluding hydrogens is 338 g/mol. The van der Waals surface area contributed by atoms with Gasteiger partial charge in [0.2, 0.25) is 15.9 Å². The maximum absolute atomic E-state index is 12.4. The van der Waals surface area contributed by atoms with E-state index in [1.165, 1.54) is 0 Å². The zero-order chi connectivity index (χ0) is 18.1. The van der Waals surface area contributed by atoms with Crippen LogP contribution >= 0.6 is 0 Å². The third-order valence-electron chi connectivity index (χ3n) is 4.41. The third kappa shape index (κ3) is 6.32. The zero-order valence-electron chi connectivity index (χ0n) is 15.0. The molecule has 0 spiro atoms. The van der Waals surface area contributed by atoms with Crippen molar-refractivity contribution in [2.24, 2.45) is 0 Å². The van der Waals surface area contributed by atoms with E-state index in [4.69, 9.17) is 0 Å². The number of piperazine rings is 1. The lowest BCUT2D eigenvalue weighted by Crippen LogP contribution is -2.49. The van der Waals surface area contributed by atoms with Crippen molar-refractivity contribution in [3.8, 4) is 0 Å². The van der Waals surface area contributed by atoms with Crippen molar-refractivity contribution in [2.75, 3.05) is 43.4 Å². The number of hydrogen-bond donors (Lipinski definition) is 1. The lowest BCUT2D eigenvalue weighted by molar-refractivity contribution is -0.121. The maximum Gasteiger partial charge on any atom is 0.219 e. The number of unbranched alkanes of at least 4 members (excludes halogenated alkanes) is 1. The Balaban J connectivity index is 1.71. The summed E-state index contributed by atoms with van der Waals surface area (Å²) in [6.07, 6.45) is 2.83. The second-order valence-corrected chi connectivity index (χ2v) is 8.43. The quantitative estimate of drug-likeness (QED) is 0.676. The Kier molecular flexibility index (Phi) is 7.71. The van der Waals surface area contributed by atoms with Crippen molar-refractivity contribution in [3.05, 3.63) is 30.3 Å². The van der Waals surface area contributed by atoms with Gasteiger partial charge in [-0.15, -0.1) is 0 Å². The summed E-state index contributed by atoms with van der Waals surface area (Å²) in [6.45, 7) is 4.90. The van der Waals surface area contributed by atoms with Crippen LogP contribution in [0.1, 0.15) is 32.6 Å². The molecule has 0 bridgehead atoms. The number of para-hydroxylation sites is 1. The number of rotatable bonds is 9. The molecule has 0 unspecified atom stereocenters. The molecule has 1 saturated heterocycles. The second kappa shape index (κ2) is 9.77. The van der Waals surface area contributed by atoms with Gasteiger partial charge in [-0.2, -0.15) is 4.31 Å². The molecule has 1 aliphatic heterocycles. The van der Waals surface area contributed by atoms with Crippen LogP contribution in [-0.2, 0) is 14.8 Å². The Labute approximate surface area is 151 Å². The van der Waals surface area contributed by atoms with E-state index in [-0.39, 0.29) is 11.7 Å². The summed E-state index contributed by atoms with van der Waals surface area (Å²) in [5, 5.41) is 2.79. The summed E-state index contributed by atoms with van der Waals surface area (Å²) in [7, 11) is -3.25. The molecule has 1 heterocycles. The van der Waals surface area contributed by atoms with Crippen molar-refractivity contribution < 1.29 is 13.2 Å². The molecule has 7 heteroatoms. The molecule has 0 saturated carbocycles. The average Bonchev–Trinajstić information content (AvgIpc) is 2.64. The van der Waals surface area contributed by atoms with Gasteiger partial charge in [-0.05, 0) is 25.0 Å². The van der Waals surface area contributed by atoms with E-state index in [1.54, 1.807) is 4.31 Å². The minimum atomic E-state index is -3.25. The van der Waals surface area contributed by atoms with Crippen LogP contribution in [0.4, 0.5) is 5.69 Å². The number of hydrogen-bond acceptors (Lipinski definition) is 4. The third-order valence-corrected chi connectivity index (χ3v) is 6.37. The predicted molar refractivity (Wildman–Crippen MR) is 101 cm³/mol. The van der Waals surface area contributed by atoms with Gasteiger partial charge in [-0.3, -0.25) is 4.79 Å².